The molecule has 0 bridgehead atoms. The largest absolute Gasteiger partial charge is 0.340 e. The third-order valence-electron chi connectivity index (χ3n) is 4.74. The lowest BCUT2D eigenvalue weighted by atomic mass is 10.2. The molecule has 1 saturated heterocycles. The fourth-order valence-corrected chi connectivity index (χ4v) is 3.11. The molecule has 1 aliphatic heterocycles. The van der Waals surface area contributed by atoms with Crippen LogP contribution in [0, 0.1) is 6.92 Å². The number of amides is 4. The molecule has 2 aromatic rings. The van der Waals surface area contributed by atoms with Crippen LogP contribution >= 0.6 is 0 Å². The van der Waals surface area contributed by atoms with Crippen LogP contribution < -0.4 is 4.90 Å². The number of carbonyl (C=O) groups excluding carboxylic acids is 3. The van der Waals surface area contributed by atoms with Crippen LogP contribution in [0.4, 0.5) is 10.5 Å². The van der Waals surface area contributed by atoms with Gasteiger partial charge in [-0.25, -0.2) is 4.79 Å². The Hall–Kier alpha value is -3.15. The number of hydrogen-bond donors (Lipinski definition) is 0. The van der Waals surface area contributed by atoms with Gasteiger partial charge in [0.2, 0.25) is 5.91 Å². The summed E-state index contributed by atoms with van der Waals surface area (Å²) in [5.41, 5.74) is 2.71. The van der Waals surface area contributed by atoms with Gasteiger partial charge in [0, 0.05) is 19.3 Å². The van der Waals surface area contributed by atoms with Gasteiger partial charge in [-0.05, 0) is 31.5 Å². The second-order valence-corrected chi connectivity index (χ2v) is 6.82. The first-order valence-electron chi connectivity index (χ1n) is 8.87. The predicted molar refractivity (Wildman–Crippen MR) is 103 cm³/mol. The summed E-state index contributed by atoms with van der Waals surface area (Å²) in [5.74, 6) is -0.638. The first-order chi connectivity index (χ1) is 12.9. The highest BCUT2D eigenvalue weighted by atomic mass is 16.2. The molecule has 4 amide bonds. The van der Waals surface area contributed by atoms with Gasteiger partial charge in [-0.1, -0.05) is 48.0 Å². The zero-order valence-electron chi connectivity index (χ0n) is 15.8. The number of imide groups is 1. The van der Waals surface area contributed by atoms with Crippen molar-refractivity contribution < 1.29 is 14.4 Å². The summed E-state index contributed by atoms with van der Waals surface area (Å²) >= 11 is 0. The summed E-state index contributed by atoms with van der Waals surface area (Å²) in [5, 5.41) is 0. The molecule has 0 radical (unpaired) electrons. The van der Waals surface area contributed by atoms with Gasteiger partial charge in [-0.2, -0.15) is 0 Å². The van der Waals surface area contributed by atoms with Gasteiger partial charge in [-0.3, -0.25) is 19.4 Å². The molecule has 6 heteroatoms. The number of rotatable bonds is 5. The van der Waals surface area contributed by atoms with Crippen LogP contribution in [0.1, 0.15) is 18.1 Å². The number of carbonyl (C=O) groups is 3. The van der Waals surface area contributed by atoms with Crippen LogP contribution in [0.25, 0.3) is 0 Å². The Balaban J connectivity index is 1.71. The lowest BCUT2D eigenvalue weighted by molar-refractivity contribution is -0.136. The van der Waals surface area contributed by atoms with Gasteiger partial charge >= 0.3 is 6.03 Å². The standard InChI is InChI=1S/C21H23N3O3/c1-15-9-11-18(12-10-15)24-16(2)20(26)23(21(24)27)14-19(25)22(3)13-17-7-5-4-6-8-17/h4-12,16H,13-14H2,1-3H3/t16-/m0/s1. The van der Waals surface area contributed by atoms with Crippen molar-refractivity contribution in [1.82, 2.24) is 9.80 Å². The molecule has 1 fully saturated rings. The zero-order chi connectivity index (χ0) is 19.6. The first-order valence-corrected chi connectivity index (χ1v) is 8.87. The van der Waals surface area contributed by atoms with E-state index in [1.54, 1.807) is 14.0 Å². The second-order valence-electron chi connectivity index (χ2n) is 6.82. The Morgan fingerprint density at radius 2 is 1.67 bits per heavy atom. The average Bonchev–Trinajstić information content (AvgIpc) is 2.87. The lowest BCUT2D eigenvalue weighted by Gasteiger charge is -2.21. The van der Waals surface area contributed by atoms with Crippen molar-refractivity contribution in [2.75, 3.05) is 18.5 Å². The highest BCUT2D eigenvalue weighted by Gasteiger charge is 2.44. The molecule has 0 unspecified atom stereocenters. The minimum Gasteiger partial charge on any atom is -0.340 e. The molecule has 1 heterocycles. The molecular formula is C21H23N3O3. The van der Waals surface area contributed by atoms with Gasteiger partial charge in [-0.15, -0.1) is 0 Å². The van der Waals surface area contributed by atoms with E-state index in [-0.39, 0.29) is 18.4 Å². The Labute approximate surface area is 159 Å². The minimum atomic E-state index is -0.632. The van der Waals surface area contributed by atoms with Crippen LogP contribution in [-0.2, 0) is 16.1 Å². The topological polar surface area (TPSA) is 60.9 Å². The van der Waals surface area contributed by atoms with E-state index in [2.05, 4.69) is 0 Å². The van der Waals surface area contributed by atoms with E-state index in [4.69, 9.17) is 0 Å². The number of hydrogen-bond acceptors (Lipinski definition) is 3. The maximum Gasteiger partial charge on any atom is 0.332 e. The Bertz CT molecular complexity index is 849. The van der Waals surface area contributed by atoms with Crippen molar-refractivity contribution in [3.8, 4) is 0 Å². The Kier molecular flexibility index (Phi) is 5.26. The Morgan fingerprint density at radius 3 is 2.30 bits per heavy atom. The van der Waals surface area contributed by atoms with Gasteiger partial charge in [0.1, 0.15) is 12.6 Å². The van der Waals surface area contributed by atoms with E-state index in [0.29, 0.717) is 12.2 Å². The maximum absolute atomic E-state index is 12.8. The third-order valence-corrected chi connectivity index (χ3v) is 4.74. The summed E-state index contributed by atoms with van der Waals surface area (Å²) in [7, 11) is 1.67. The van der Waals surface area contributed by atoms with E-state index in [1.165, 1.54) is 9.80 Å². The predicted octanol–water partition coefficient (Wildman–Crippen LogP) is 2.81. The van der Waals surface area contributed by atoms with Crippen LogP contribution in [0.5, 0.6) is 0 Å². The molecule has 6 nitrogen and oxygen atoms in total. The number of anilines is 1. The molecule has 0 aliphatic carbocycles. The zero-order valence-corrected chi connectivity index (χ0v) is 15.8. The van der Waals surface area contributed by atoms with Gasteiger partial charge < -0.3 is 4.90 Å². The fraction of sp³-hybridized carbons (Fsp3) is 0.286. The van der Waals surface area contributed by atoms with Crippen molar-refractivity contribution in [3.63, 3.8) is 0 Å². The number of urea groups is 1. The monoisotopic (exact) mass is 365 g/mol. The SMILES string of the molecule is Cc1ccc(N2C(=O)N(CC(=O)N(C)Cc3ccccc3)C(=O)[C@@H]2C)cc1. The average molecular weight is 365 g/mol. The van der Waals surface area contributed by atoms with Gasteiger partial charge in [0.25, 0.3) is 5.91 Å². The number of aryl methyl sites for hydroxylation is 1. The molecule has 0 saturated carbocycles. The molecule has 3 rings (SSSR count). The third kappa shape index (κ3) is 3.84. The van der Waals surface area contributed by atoms with E-state index < -0.39 is 12.1 Å². The van der Waals surface area contributed by atoms with E-state index in [9.17, 15) is 14.4 Å². The van der Waals surface area contributed by atoms with Crippen LogP contribution in [0.15, 0.2) is 54.6 Å². The molecule has 0 N–H and O–H groups in total. The summed E-state index contributed by atoms with van der Waals surface area (Å²) in [6.07, 6.45) is 0. The summed E-state index contributed by atoms with van der Waals surface area (Å²) in [6.45, 7) is 3.80. The molecule has 140 valence electrons. The molecule has 27 heavy (non-hydrogen) atoms. The highest BCUT2D eigenvalue weighted by Crippen LogP contribution is 2.26. The lowest BCUT2D eigenvalue weighted by Crippen LogP contribution is -2.42. The summed E-state index contributed by atoms with van der Waals surface area (Å²) in [4.78, 5) is 41.9. The molecule has 2 aromatic carbocycles. The number of likely N-dealkylation sites (N-methyl/N-ethyl adjacent to an activating group) is 1. The van der Waals surface area contributed by atoms with Crippen molar-refractivity contribution in [1.29, 1.82) is 0 Å². The fourth-order valence-electron chi connectivity index (χ4n) is 3.11. The first kappa shape index (κ1) is 18.6. The van der Waals surface area contributed by atoms with Crippen LogP contribution in [-0.4, -0.2) is 47.3 Å². The number of nitrogens with zero attached hydrogens (tertiary/aromatic N) is 3. The highest BCUT2D eigenvalue weighted by molar-refractivity contribution is 6.15. The Morgan fingerprint density at radius 1 is 1.04 bits per heavy atom. The van der Waals surface area contributed by atoms with Crippen LogP contribution in [0.2, 0.25) is 0 Å². The van der Waals surface area contributed by atoms with Gasteiger partial charge in [0.15, 0.2) is 0 Å². The van der Waals surface area contributed by atoms with E-state index in [1.807, 2.05) is 61.5 Å². The molecule has 0 aromatic heterocycles. The molecule has 0 spiro atoms. The van der Waals surface area contributed by atoms with E-state index >= 15 is 0 Å². The normalized spacial score (nSPS) is 16.8. The second kappa shape index (κ2) is 7.61. The van der Waals surface area contributed by atoms with Crippen molar-refractivity contribution in [3.05, 3.63) is 65.7 Å². The van der Waals surface area contributed by atoms with Crippen LogP contribution in [0.3, 0.4) is 0 Å². The van der Waals surface area contributed by atoms with Crippen molar-refractivity contribution in [2.45, 2.75) is 26.4 Å². The van der Waals surface area contributed by atoms with Gasteiger partial charge in [0.05, 0.1) is 0 Å². The summed E-state index contributed by atoms with van der Waals surface area (Å²) < 4.78 is 0. The molecular weight excluding hydrogens is 342 g/mol. The quantitative estimate of drug-likeness (QED) is 0.766. The maximum atomic E-state index is 12.8. The minimum absolute atomic E-state index is 0.256. The summed E-state index contributed by atoms with van der Waals surface area (Å²) in [6, 6.07) is 15.9. The smallest absolute Gasteiger partial charge is 0.332 e. The van der Waals surface area contributed by atoms with E-state index in [0.717, 1.165) is 16.0 Å². The molecule has 1 atom stereocenters. The van der Waals surface area contributed by atoms with Crippen molar-refractivity contribution in [2.24, 2.45) is 0 Å². The number of benzene rings is 2. The molecule has 1 aliphatic rings. The van der Waals surface area contributed by atoms with Crippen molar-refractivity contribution >= 4 is 23.5 Å².